The second kappa shape index (κ2) is 5.70. The summed E-state index contributed by atoms with van der Waals surface area (Å²) < 4.78 is 0. The summed E-state index contributed by atoms with van der Waals surface area (Å²) in [5, 5.41) is 0. The number of nitrogens with two attached hydrogens (primary N) is 1. The molecule has 90 valence electrons. The van der Waals surface area contributed by atoms with Gasteiger partial charge in [-0.1, -0.05) is 51.0 Å². The third-order valence-electron chi connectivity index (χ3n) is 3.32. The first kappa shape index (κ1) is 13.5. The summed E-state index contributed by atoms with van der Waals surface area (Å²) in [6.45, 7) is 4.44. The first-order valence-corrected chi connectivity index (χ1v) is 6.02. The third-order valence-corrected chi connectivity index (χ3v) is 3.32. The van der Waals surface area contributed by atoms with Gasteiger partial charge in [-0.3, -0.25) is 0 Å². The van der Waals surface area contributed by atoms with Gasteiger partial charge in [0.1, 0.15) is 0 Å². The van der Waals surface area contributed by atoms with Gasteiger partial charge < -0.3 is 5.73 Å². The van der Waals surface area contributed by atoms with Crippen molar-refractivity contribution in [3.63, 3.8) is 0 Å². The Morgan fingerprint density at radius 1 is 1.12 bits per heavy atom. The fourth-order valence-corrected chi connectivity index (χ4v) is 1.98. The van der Waals surface area contributed by atoms with Crippen LogP contribution in [0.2, 0.25) is 0 Å². The predicted octanol–water partition coefficient (Wildman–Crippen LogP) is 4.03. The Morgan fingerprint density at radius 3 is 2.06 bits per heavy atom. The van der Waals surface area contributed by atoms with Crippen LogP contribution in [0.4, 0.5) is 0 Å². The minimum atomic E-state index is 0. The standard InChI is InChI=1S/C14H21N.ClH/c1-10(2)12-5-7-13(8-6-12)14(15)9-11-3-4-11;/h5-8,10-11,14H,3-4,9,15H2,1-2H3;1H/t14-;/m0./s1. The molecule has 16 heavy (non-hydrogen) atoms. The van der Waals surface area contributed by atoms with E-state index in [2.05, 4.69) is 38.1 Å². The van der Waals surface area contributed by atoms with Gasteiger partial charge in [-0.25, -0.2) is 0 Å². The van der Waals surface area contributed by atoms with E-state index in [9.17, 15) is 0 Å². The van der Waals surface area contributed by atoms with Crippen LogP contribution in [-0.4, -0.2) is 0 Å². The molecule has 0 bridgehead atoms. The maximum Gasteiger partial charge on any atom is 0.0297 e. The van der Waals surface area contributed by atoms with Crippen molar-refractivity contribution in [1.29, 1.82) is 0 Å². The molecule has 0 heterocycles. The van der Waals surface area contributed by atoms with Gasteiger partial charge in [0.05, 0.1) is 0 Å². The lowest BCUT2D eigenvalue weighted by Crippen LogP contribution is -2.10. The molecule has 0 amide bonds. The van der Waals surface area contributed by atoms with E-state index >= 15 is 0 Å². The Kier molecular flexibility index (Phi) is 4.82. The molecule has 1 nitrogen and oxygen atoms in total. The molecule has 1 aromatic rings. The summed E-state index contributed by atoms with van der Waals surface area (Å²) in [4.78, 5) is 0. The van der Waals surface area contributed by atoms with Crippen LogP contribution >= 0.6 is 12.4 Å². The number of hydrogen-bond acceptors (Lipinski definition) is 1. The van der Waals surface area contributed by atoms with Gasteiger partial charge in [0.25, 0.3) is 0 Å². The summed E-state index contributed by atoms with van der Waals surface area (Å²) in [6.07, 6.45) is 3.94. The largest absolute Gasteiger partial charge is 0.324 e. The highest BCUT2D eigenvalue weighted by Gasteiger charge is 2.24. The quantitative estimate of drug-likeness (QED) is 0.844. The maximum absolute atomic E-state index is 6.16. The van der Waals surface area contributed by atoms with Crippen molar-refractivity contribution < 1.29 is 0 Å². The van der Waals surface area contributed by atoms with Crippen LogP contribution in [0.3, 0.4) is 0 Å². The molecule has 2 N–H and O–H groups in total. The fourth-order valence-electron chi connectivity index (χ4n) is 1.98. The molecule has 1 atom stereocenters. The lowest BCUT2D eigenvalue weighted by atomic mass is 9.97. The van der Waals surface area contributed by atoms with Gasteiger partial charge in [-0.05, 0) is 29.4 Å². The molecule has 1 aromatic carbocycles. The van der Waals surface area contributed by atoms with Gasteiger partial charge >= 0.3 is 0 Å². The smallest absolute Gasteiger partial charge is 0.0297 e. The van der Waals surface area contributed by atoms with Crippen molar-refractivity contribution in [2.24, 2.45) is 11.7 Å². The Balaban J connectivity index is 0.00000128. The Morgan fingerprint density at radius 2 is 1.62 bits per heavy atom. The molecule has 1 aliphatic rings. The topological polar surface area (TPSA) is 26.0 Å². The summed E-state index contributed by atoms with van der Waals surface area (Å²) in [6, 6.07) is 9.07. The molecule has 0 saturated heterocycles. The highest BCUT2D eigenvalue weighted by molar-refractivity contribution is 5.85. The van der Waals surface area contributed by atoms with Gasteiger partial charge in [0.2, 0.25) is 0 Å². The second-order valence-electron chi connectivity index (χ2n) is 5.11. The molecule has 0 aromatic heterocycles. The minimum Gasteiger partial charge on any atom is -0.324 e. The number of halogens is 1. The molecule has 0 aliphatic heterocycles. The van der Waals surface area contributed by atoms with Gasteiger partial charge in [0, 0.05) is 6.04 Å². The average Bonchev–Trinajstić information content (AvgIpc) is 3.02. The molecular weight excluding hydrogens is 218 g/mol. The van der Waals surface area contributed by atoms with E-state index in [1.165, 1.54) is 30.4 Å². The lowest BCUT2D eigenvalue weighted by molar-refractivity contribution is 0.596. The average molecular weight is 240 g/mol. The zero-order valence-corrected chi connectivity index (χ0v) is 11.0. The molecule has 2 rings (SSSR count). The summed E-state index contributed by atoms with van der Waals surface area (Å²) >= 11 is 0. The highest BCUT2D eigenvalue weighted by atomic mass is 35.5. The van der Waals surface area contributed by atoms with Crippen molar-refractivity contribution in [3.8, 4) is 0 Å². The first-order valence-electron chi connectivity index (χ1n) is 6.02. The van der Waals surface area contributed by atoms with Gasteiger partial charge in [0.15, 0.2) is 0 Å². The minimum absolute atomic E-state index is 0. The zero-order chi connectivity index (χ0) is 10.8. The Hall–Kier alpha value is -0.530. The van der Waals surface area contributed by atoms with E-state index in [1.54, 1.807) is 0 Å². The van der Waals surface area contributed by atoms with Crippen LogP contribution in [0, 0.1) is 5.92 Å². The van der Waals surface area contributed by atoms with E-state index in [0.29, 0.717) is 5.92 Å². The Bertz CT molecular complexity index is 314. The molecule has 0 unspecified atom stereocenters. The van der Waals surface area contributed by atoms with E-state index < -0.39 is 0 Å². The van der Waals surface area contributed by atoms with Crippen molar-refractivity contribution in [2.75, 3.05) is 0 Å². The second-order valence-corrected chi connectivity index (χ2v) is 5.11. The summed E-state index contributed by atoms with van der Waals surface area (Å²) in [5.41, 5.74) is 8.86. The maximum atomic E-state index is 6.16. The monoisotopic (exact) mass is 239 g/mol. The van der Waals surface area contributed by atoms with Crippen LogP contribution < -0.4 is 5.73 Å². The van der Waals surface area contributed by atoms with Crippen molar-refractivity contribution in [1.82, 2.24) is 0 Å². The summed E-state index contributed by atoms with van der Waals surface area (Å²) in [7, 11) is 0. The highest BCUT2D eigenvalue weighted by Crippen LogP contribution is 2.36. The van der Waals surface area contributed by atoms with Crippen molar-refractivity contribution in [3.05, 3.63) is 35.4 Å². The predicted molar refractivity (Wildman–Crippen MR) is 72.0 cm³/mol. The van der Waals surface area contributed by atoms with Crippen molar-refractivity contribution in [2.45, 2.75) is 45.1 Å². The first-order chi connectivity index (χ1) is 7.16. The molecular formula is C14H22ClN. The van der Waals surface area contributed by atoms with Crippen LogP contribution in [-0.2, 0) is 0 Å². The van der Waals surface area contributed by atoms with Crippen LogP contribution in [0.1, 0.15) is 56.2 Å². The fraction of sp³-hybridized carbons (Fsp3) is 0.571. The molecule has 1 fully saturated rings. The van der Waals surface area contributed by atoms with Crippen molar-refractivity contribution >= 4 is 12.4 Å². The third kappa shape index (κ3) is 3.50. The van der Waals surface area contributed by atoms with Gasteiger partial charge in [-0.2, -0.15) is 0 Å². The molecule has 0 spiro atoms. The Labute approximate surface area is 105 Å². The van der Waals surface area contributed by atoms with E-state index in [4.69, 9.17) is 5.73 Å². The van der Waals surface area contributed by atoms with E-state index in [1.807, 2.05) is 0 Å². The zero-order valence-electron chi connectivity index (χ0n) is 10.1. The van der Waals surface area contributed by atoms with Crippen LogP contribution in [0.5, 0.6) is 0 Å². The lowest BCUT2D eigenvalue weighted by Gasteiger charge is -2.13. The number of benzene rings is 1. The molecule has 1 aliphatic carbocycles. The molecule has 0 radical (unpaired) electrons. The van der Waals surface area contributed by atoms with Crippen LogP contribution in [0.25, 0.3) is 0 Å². The number of rotatable bonds is 4. The molecule has 2 heteroatoms. The van der Waals surface area contributed by atoms with E-state index in [0.717, 1.165) is 5.92 Å². The summed E-state index contributed by atoms with van der Waals surface area (Å²) in [5.74, 6) is 1.52. The number of hydrogen-bond donors (Lipinski definition) is 1. The van der Waals surface area contributed by atoms with Crippen LogP contribution in [0.15, 0.2) is 24.3 Å². The van der Waals surface area contributed by atoms with E-state index in [-0.39, 0.29) is 18.4 Å². The van der Waals surface area contributed by atoms with Gasteiger partial charge in [-0.15, -0.1) is 12.4 Å². The molecule has 1 saturated carbocycles. The normalized spacial score (nSPS) is 17.0. The SMILES string of the molecule is CC(C)c1ccc([C@@H](N)CC2CC2)cc1.Cl.